The third-order valence-corrected chi connectivity index (χ3v) is 6.89. The molecule has 0 bridgehead atoms. The zero-order valence-electron chi connectivity index (χ0n) is 14.8. The van der Waals surface area contributed by atoms with Gasteiger partial charge >= 0.3 is 0 Å². The minimum Gasteiger partial charge on any atom is -0.497 e. The fourth-order valence-corrected chi connectivity index (χ4v) is 4.56. The number of amides is 1. The van der Waals surface area contributed by atoms with Gasteiger partial charge in [-0.1, -0.05) is 60.8 Å². The van der Waals surface area contributed by atoms with Crippen LogP contribution in [0.15, 0.2) is 32.9 Å². The second-order valence-corrected chi connectivity index (χ2v) is 9.28. The van der Waals surface area contributed by atoms with Crippen molar-refractivity contribution < 1.29 is 9.53 Å². The number of benzene rings is 1. The van der Waals surface area contributed by atoms with Crippen molar-refractivity contribution in [3.05, 3.63) is 29.8 Å². The van der Waals surface area contributed by atoms with Crippen molar-refractivity contribution in [1.29, 1.82) is 0 Å². The molecular weight excluding hydrogens is 374 g/mol. The van der Waals surface area contributed by atoms with E-state index >= 15 is 0 Å². The van der Waals surface area contributed by atoms with Crippen molar-refractivity contribution in [2.24, 2.45) is 5.92 Å². The summed E-state index contributed by atoms with van der Waals surface area (Å²) in [6.45, 7) is 6.20. The van der Waals surface area contributed by atoms with Gasteiger partial charge in [0.25, 0.3) is 0 Å². The largest absolute Gasteiger partial charge is 0.497 e. The molecular formula is C17H23N3O2S3. The Bertz CT molecular complexity index is 674. The third-order valence-electron chi connectivity index (χ3n) is 3.62. The smallest absolute Gasteiger partial charge is 0.230 e. The van der Waals surface area contributed by atoms with Crippen molar-refractivity contribution in [3.63, 3.8) is 0 Å². The molecule has 1 N–H and O–H groups in total. The van der Waals surface area contributed by atoms with Crippen LogP contribution in [0.25, 0.3) is 0 Å². The normalized spacial score (nSPS) is 12.2. The summed E-state index contributed by atoms with van der Waals surface area (Å²) in [6.07, 6.45) is 0. The molecule has 0 fully saturated rings. The van der Waals surface area contributed by atoms with Gasteiger partial charge in [-0.15, -0.1) is 10.2 Å². The van der Waals surface area contributed by atoms with Crippen LogP contribution in [0.2, 0.25) is 0 Å². The Balaban J connectivity index is 1.76. The quantitative estimate of drug-likeness (QED) is 0.643. The molecule has 2 rings (SSSR count). The third kappa shape index (κ3) is 6.87. The molecule has 1 heterocycles. The van der Waals surface area contributed by atoms with Gasteiger partial charge in [0.05, 0.1) is 12.9 Å². The topological polar surface area (TPSA) is 64.1 Å². The van der Waals surface area contributed by atoms with Crippen LogP contribution >= 0.6 is 34.9 Å². The Morgan fingerprint density at radius 2 is 1.80 bits per heavy atom. The SMILES string of the molecule is COc1ccc(CSc2nnc(SCC(=O)N[C@H](C)C(C)C)s2)cc1. The first-order chi connectivity index (χ1) is 12.0. The number of nitrogens with one attached hydrogen (secondary N) is 1. The van der Waals surface area contributed by atoms with Crippen LogP contribution in [0.3, 0.4) is 0 Å². The molecule has 0 unspecified atom stereocenters. The second kappa shape index (κ2) is 10.0. The second-order valence-electron chi connectivity index (χ2n) is 5.86. The molecule has 5 nitrogen and oxygen atoms in total. The highest BCUT2D eigenvalue weighted by atomic mass is 32.2. The molecule has 2 aromatic rings. The van der Waals surface area contributed by atoms with Crippen LogP contribution in [-0.4, -0.2) is 35.0 Å². The number of hydrogen-bond donors (Lipinski definition) is 1. The Morgan fingerprint density at radius 3 is 2.40 bits per heavy atom. The highest BCUT2D eigenvalue weighted by Crippen LogP contribution is 2.30. The minimum absolute atomic E-state index is 0.0360. The minimum atomic E-state index is 0.0360. The van der Waals surface area contributed by atoms with Crippen LogP contribution in [0, 0.1) is 5.92 Å². The predicted octanol–water partition coefficient (Wildman–Crippen LogP) is 4.09. The van der Waals surface area contributed by atoms with Gasteiger partial charge in [-0.25, -0.2) is 0 Å². The lowest BCUT2D eigenvalue weighted by molar-refractivity contribution is -0.119. The van der Waals surface area contributed by atoms with Crippen molar-refractivity contribution in [2.75, 3.05) is 12.9 Å². The number of methoxy groups -OCH3 is 1. The van der Waals surface area contributed by atoms with E-state index in [1.54, 1.807) is 18.9 Å². The van der Waals surface area contributed by atoms with Crippen LogP contribution in [0.4, 0.5) is 0 Å². The van der Waals surface area contributed by atoms with E-state index in [9.17, 15) is 4.79 Å². The summed E-state index contributed by atoms with van der Waals surface area (Å²) >= 11 is 4.61. The lowest BCUT2D eigenvalue weighted by Crippen LogP contribution is -2.37. The van der Waals surface area contributed by atoms with Crippen molar-refractivity contribution in [2.45, 2.75) is 41.2 Å². The number of carbonyl (C=O) groups is 1. The molecule has 0 radical (unpaired) electrons. The van der Waals surface area contributed by atoms with E-state index in [2.05, 4.69) is 29.4 Å². The predicted molar refractivity (Wildman–Crippen MR) is 106 cm³/mol. The average Bonchev–Trinajstić information content (AvgIpc) is 3.06. The van der Waals surface area contributed by atoms with Gasteiger partial charge in [-0.2, -0.15) is 0 Å². The molecule has 136 valence electrons. The monoisotopic (exact) mass is 397 g/mol. The first kappa shape index (κ1) is 20.1. The molecule has 1 aromatic carbocycles. The fourth-order valence-electron chi connectivity index (χ4n) is 1.77. The molecule has 0 spiro atoms. The Hall–Kier alpha value is -1.25. The summed E-state index contributed by atoms with van der Waals surface area (Å²) in [5.74, 6) is 2.52. The van der Waals surface area contributed by atoms with Crippen LogP contribution in [0.1, 0.15) is 26.3 Å². The van der Waals surface area contributed by atoms with Crippen LogP contribution in [0.5, 0.6) is 5.75 Å². The van der Waals surface area contributed by atoms with E-state index in [-0.39, 0.29) is 11.9 Å². The molecule has 25 heavy (non-hydrogen) atoms. The maximum absolute atomic E-state index is 11.9. The lowest BCUT2D eigenvalue weighted by atomic mass is 10.1. The Kier molecular flexibility index (Phi) is 8.05. The summed E-state index contributed by atoms with van der Waals surface area (Å²) in [7, 11) is 1.66. The molecule has 0 saturated heterocycles. The molecule has 1 amide bonds. The summed E-state index contributed by atoms with van der Waals surface area (Å²) in [5.41, 5.74) is 1.21. The van der Waals surface area contributed by atoms with Gasteiger partial charge in [0.2, 0.25) is 5.91 Å². The highest BCUT2D eigenvalue weighted by Gasteiger charge is 2.12. The molecule has 0 aliphatic rings. The van der Waals surface area contributed by atoms with E-state index in [1.165, 1.54) is 28.7 Å². The summed E-state index contributed by atoms with van der Waals surface area (Å²) < 4.78 is 6.89. The molecule has 1 aromatic heterocycles. The van der Waals surface area contributed by atoms with Gasteiger partial charge < -0.3 is 10.1 Å². The van der Waals surface area contributed by atoms with Crippen molar-refractivity contribution in [1.82, 2.24) is 15.5 Å². The van der Waals surface area contributed by atoms with Gasteiger partial charge in [0.15, 0.2) is 8.68 Å². The average molecular weight is 398 g/mol. The number of ether oxygens (including phenoxy) is 1. The zero-order valence-corrected chi connectivity index (χ0v) is 17.3. The van der Waals surface area contributed by atoms with E-state index in [4.69, 9.17) is 4.74 Å². The van der Waals surface area contributed by atoms with Crippen molar-refractivity contribution >= 4 is 40.8 Å². The standard InChI is InChI=1S/C17H23N3O2S3/c1-11(2)12(3)18-15(21)10-24-17-20-19-16(25-17)23-9-13-5-7-14(22-4)8-6-13/h5-8,11-12H,9-10H2,1-4H3,(H,18,21)/t12-/m1/s1. The maximum Gasteiger partial charge on any atom is 0.230 e. The van der Waals surface area contributed by atoms with E-state index < -0.39 is 0 Å². The van der Waals surface area contributed by atoms with E-state index in [0.29, 0.717) is 11.7 Å². The van der Waals surface area contributed by atoms with Gasteiger partial charge in [-0.05, 0) is 30.5 Å². The summed E-state index contributed by atoms with van der Waals surface area (Å²) in [5, 5.41) is 11.3. The molecule has 8 heteroatoms. The highest BCUT2D eigenvalue weighted by molar-refractivity contribution is 8.03. The maximum atomic E-state index is 11.9. The number of nitrogens with zero attached hydrogens (tertiary/aromatic N) is 2. The van der Waals surface area contributed by atoms with Crippen LogP contribution < -0.4 is 10.1 Å². The number of rotatable bonds is 9. The first-order valence-electron chi connectivity index (χ1n) is 7.99. The molecule has 0 aliphatic heterocycles. The number of carbonyl (C=O) groups excluding carboxylic acids is 1. The summed E-state index contributed by atoms with van der Waals surface area (Å²) in [6, 6.07) is 8.17. The van der Waals surface area contributed by atoms with Gasteiger partial charge in [0, 0.05) is 11.8 Å². The van der Waals surface area contributed by atoms with Gasteiger partial charge in [-0.3, -0.25) is 4.79 Å². The number of aromatic nitrogens is 2. The number of hydrogen-bond acceptors (Lipinski definition) is 7. The van der Waals surface area contributed by atoms with E-state index in [1.807, 2.05) is 31.2 Å². The van der Waals surface area contributed by atoms with E-state index in [0.717, 1.165) is 20.2 Å². The summed E-state index contributed by atoms with van der Waals surface area (Å²) in [4.78, 5) is 11.9. The van der Waals surface area contributed by atoms with Gasteiger partial charge in [0.1, 0.15) is 5.75 Å². The Morgan fingerprint density at radius 1 is 1.16 bits per heavy atom. The molecule has 0 saturated carbocycles. The first-order valence-corrected chi connectivity index (χ1v) is 10.8. The fraction of sp³-hybridized carbons (Fsp3) is 0.471. The molecule has 1 atom stereocenters. The van der Waals surface area contributed by atoms with Crippen LogP contribution in [-0.2, 0) is 10.5 Å². The number of thioether (sulfide) groups is 2. The zero-order chi connectivity index (χ0) is 18.2. The lowest BCUT2D eigenvalue weighted by Gasteiger charge is -2.16. The Labute approximate surface area is 161 Å². The molecule has 0 aliphatic carbocycles. The van der Waals surface area contributed by atoms with Crippen molar-refractivity contribution in [3.8, 4) is 5.75 Å².